The van der Waals surface area contributed by atoms with Crippen molar-refractivity contribution in [2.75, 3.05) is 0 Å². The van der Waals surface area contributed by atoms with Crippen molar-refractivity contribution in [1.82, 2.24) is 0 Å². The Morgan fingerprint density at radius 2 is 1.82 bits per heavy atom. The third kappa shape index (κ3) is 8.08. The van der Waals surface area contributed by atoms with Crippen LogP contribution in [0.2, 0.25) is 19.6 Å². The van der Waals surface area contributed by atoms with Crippen LogP contribution in [0, 0.1) is 6.10 Å². The minimum Gasteiger partial charge on any atom is -0.410 e. The summed E-state index contributed by atoms with van der Waals surface area (Å²) >= 11 is 0. The average molecular weight is 173 g/mol. The van der Waals surface area contributed by atoms with Crippen molar-refractivity contribution in [3.8, 4) is 0 Å². The minimum absolute atomic E-state index is 1.14. The molecule has 0 N–H and O–H groups in total. The fourth-order valence-corrected chi connectivity index (χ4v) is 2.15. The highest BCUT2D eigenvalue weighted by molar-refractivity contribution is 6.69. The summed E-state index contributed by atoms with van der Waals surface area (Å²) < 4.78 is 5.80. The summed E-state index contributed by atoms with van der Waals surface area (Å²) in [5, 5.41) is 0. The lowest BCUT2D eigenvalue weighted by molar-refractivity contribution is 0.307. The topological polar surface area (TPSA) is 9.23 Å². The van der Waals surface area contributed by atoms with Crippen molar-refractivity contribution in [3.05, 3.63) is 6.10 Å². The van der Waals surface area contributed by atoms with Crippen molar-refractivity contribution >= 4 is 8.32 Å². The molecule has 1 radical (unpaired) electrons. The molecule has 0 aliphatic rings. The van der Waals surface area contributed by atoms with E-state index in [4.69, 9.17) is 4.43 Å². The summed E-state index contributed by atoms with van der Waals surface area (Å²) in [5.41, 5.74) is 0. The van der Waals surface area contributed by atoms with Gasteiger partial charge in [0.25, 0.3) is 0 Å². The average Bonchev–Trinajstić information content (AvgIpc) is 1.79. The number of hydrogen-bond donors (Lipinski definition) is 0. The number of rotatable bonds is 5. The van der Waals surface area contributed by atoms with Gasteiger partial charge in [0.15, 0.2) is 8.32 Å². The molecule has 11 heavy (non-hydrogen) atoms. The van der Waals surface area contributed by atoms with Crippen LogP contribution in [-0.2, 0) is 4.43 Å². The molecule has 0 aromatic carbocycles. The van der Waals surface area contributed by atoms with Crippen LogP contribution in [0.5, 0.6) is 0 Å². The third-order valence-electron chi connectivity index (χ3n) is 1.36. The summed E-state index contributed by atoms with van der Waals surface area (Å²) in [5.74, 6) is 0. The number of unbranched alkanes of at least 4 members (excludes halogenated alkanes) is 1. The van der Waals surface area contributed by atoms with Gasteiger partial charge < -0.3 is 4.43 Å². The van der Waals surface area contributed by atoms with Crippen molar-refractivity contribution in [1.29, 1.82) is 0 Å². The van der Waals surface area contributed by atoms with Crippen LogP contribution in [0.25, 0.3) is 0 Å². The molecule has 0 unspecified atom stereocenters. The fourth-order valence-electron chi connectivity index (χ4n) is 0.999. The maximum absolute atomic E-state index is 5.80. The lowest BCUT2D eigenvalue weighted by Crippen LogP contribution is -2.26. The molecular formula is C9H21OSi. The van der Waals surface area contributed by atoms with Gasteiger partial charge >= 0.3 is 0 Å². The van der Waals surface area contributed by atoms with E-state index in [9.17, 15) is 0 Å². The van der Waals surface area contributed by atoms with Gasteiger partial charge in [0.1, 0.15) is 0 Å². The summed E-state index contributed by atoms with van der Waals surface area (Å²) in [6, 6.07) is 0. The highest BCUT2D eigenvalue weighted by Gasteiger charge is 2.17. The van der Waals surface area contributed by atoms with E-state index in [0.717, 1.165) is 6.42 Å². The van der Waals surface area contributed by atoms with Gasteiger partial charge in [0.2, 0.25) is 0 Å². The van der Waals surface area contributed by atoms with E-state index in [2.05, 4.69) is 33.5 Å². The van der Waals surface area contributed by atoms with Crippen molar-refractivity contribution in [2.45, 2.75) is 52.8 Å². The maximum Gasteiger partial charge on any atom is 0.184 e. The molecule has 0 heterocycles. The first-order valence-electron chi connectivity index (χ1n) is 4.47. The van der Waals surface area contributed by atoms with Crippen molar-refractivity contribution < 1.29 is 4.43 Å². The Hall–Kier alpha value is 0.177. The smallest absolute Gasteiger partial charge is 0.184 e. The monoisotopic (exact) mass is 173 g/mol. The predicted octanol–water partition coefficient (Wildman–Crippen LogP) is 3.58. The standard InChI is InChI=1S/C9H21OSi/c1-6-7-8-9(2)10-11(3,4)5/h6-8H2,1-5H3. The van der Waals surface area contributed by atoms with Crippen LogP contribution in [0.3, 0.4) is 0 Å². The third-order valence-corrected chi connectivity index (χ3v) is 2.32. The SMILES string of the molecule is CCCC[C](C)O[Si](C)(C)C. The van der Waals surface area contributed by atoms with Crippen LogP contribution in [0.4, 0.5) is 0 Å². The molecule has 0 atom stereocenters. The summed E-state index contributed by atoms with van der Waals surface area (Å²) in [6.07, 6.45) is 4.88. The van der Waals surface area contributed by atoms with E-state index < -0.39 is 8.32 Å². The Morgan fingerprint density at radius 3 is 2.18 bits per heavy atom. The van der Waals surface area contributed by atoms with E-state index in [-0.39, 0.29) is 0 Å². The summed E-state index contributed by atoms with van der Waals surface area (Å²) in [6.45, 7) is 11.0. The van der Waals surface area contributed by atoms with Crippen molar-refractivity contribution in [2.24, 2.45) is 0 Å². The molecule has 0 aliphatic heterocycles. The highest BCUT2D eigenvalue weighted by Crippen LogP contribution is 2.17. The van der Waals surface area contributed by atoms with Gasteiger partial charge in [0, 0.05) is 0 Å². The van der Waals surface area contributed by atoms with Crippen LogP contribution >= 0.6 is 0 Å². The Balaban J connectivity index is 3.44. The molecule has 0 aromatic rings. The predicted molar refractivity (Wildman–Crippen MR) is 52.9 cm³/mol. The zero-order valence-electron chi connectivity index (χ0n) is 8.53. The molecule has 0 aromatic heterocycles. The number of hydrogen-bond acceptors (Lipinski definition) is 1. The van der Waals surface area contributed by atoms with E-state index >= 15 is 0 Å². The highest BCUT2D eigenvalue weighted by atomic mass is 28.4. The van der Waals surface area contributed by atoms with Crippen LogP contribution in [-0.4, -0.2) is 8.32 Å². The molecule has 0 saturated carbocycles. The molecule has 0 aliphatic carbocycles. The zero-order chi connectivity index (χ0) is 8.91. The quantitative estimate of drug-likeness (QED) is 0.577. The second kappa shape index (κ2) is 4.94. The van der Waals surface area contributed by atoms with E-state index in [1.165, 1.54) is 18.9 Å². The molecule has 0 rings (SSSR count). The Kier molecular flexibility index (Phi) is 5.02. The second-order valence-electron chi connectivity index (χ2n) is 4.02. The lowest BCUT2D eigenvalue weighted by atomic mass is 10.2. The molecule has 0 spiro atoms. The molecule has 1 nitrogen and oxygen atoms in total. The van der Waals surface area contributed by atoms with Gasteiger partial charge in [-0.15, -0.1) is 0 Å². The largest absolute Gasteiger partial charge is 0.410 e. The Morgan fingerprint density at radius 1 is 1.27 bits per heavy atom. The van der Waals surface area contributed by atoms with Gasteiger partial charge in [-0.05, 0) is 33.0 Å². The zero-order valence-corrected chi connectivity index (χ0v) is 9.53. The van der Waals surface area contributed by atoms with Gasteiger partial charge in [-0.25, -0.2) is 0 Å². The molecule has 0 saturated heterocycles. The molecular weight excluding hydrogens is 152 g/mol. The minimum atomic E-state index is -1.31. The lowest BCUT2D eigenvalue weighted by Gasteiger charge is -2.22. The molecule has 0 amide bonds. The first-order chi connectivity index (χ1) is 4.95. The van der Waals surface area contributed by atoms with Gasteiger partial charge in [-0.3, -0.25) is 0 Å². The molecule has 0 fully saturated rings. The van der Waals surface area contributed by atoms with Crippen LogP contribution in [0.15, 0.2) is 0 Å². The second-order valence-corrected chi connectivity index (χ2v) is 8.45. The summed E-state index contributed by atoms with van der Waals surface area (Å²) in [4.78, 5) is 0. The van der Waals surface area contributed by atoms with E-state index in [1.54, 1.807) is 0 Å². The first-order valence-corrected chi connectivity index (χ1v) is 7.88. The van der Waals surface area contributed by atoms with Crippen LogP contribution < -0.4 is 0 Å². The fraction of sp³-hybridized carbons (Fsp3) is 0.889. The molecule has 2 heteroatoms. The van der Waals surface area contributed by atoms with Gasteiger partial charge in [0.05, 0.1) is 6.10 Å². The van der Waals surface area contributed by atoms with Gasteiger partial charge in [-0.2, -0.15) is 0 Å². The first kappa shape index (κ1) is 11.2. The molecule has 0 bridgehead atoms. The maximum atomic E-state index is 5.80. The Labute approximate surface area is 72.3 Å². The Bertz CT molecular complexity index is 96.2. The van der Waals surface area contributed by atoms with Crippen LogP contribution in [0.1, 0.15) is 33.1 Å². The van der Waals surface area contributed by atoms with E-state index in [1.807, 2.05) is 0 Å². The summed E-state index contributed by atoms with van der Waals surface area (Å²) in [7, 11) is -1.31. The van der Waals surface area contributed by atoms with Crippen molar-refractivity contribution in [3.63, 3.8) is 0 Å². The molecule has 67 valence electrons. The van der Waals surface area contributed by atoms with E-state index in [0.29, 0.717) is 0 Å². The van der Waals surface area contributed by atoms with Gasteiger partial charge in [-0.1, -0.05) is 19.8 Å². The normalized spacial score (nSPS) is 12.5.